The predicted molar refractivity (Wildman–Crippen MR) is 96.5 cm³/mol. The second-order valence-electron chi connectivity index (χ2n) is 7.18. The predicted octanol–water partition coefficient (Wildman–Crippen LogP) is 1.82. The van der Waals surface area contributed by atoms with Crippen molar-refractivity contribution < 1.29 is 19.4 Å². The van der Waals surface area contributed by atoms with E-state index in [0.717, 1.165) is 11.3 Å². The zero-order valence-corrected chi connectivity index (χ0v) is 15.1. The maximum Gasteiger partial charge on any atom is 0.312 e. The van der Waals surface area contributed by atoms with Crippen molar-refractivity contribution in [2.45, 2.75) is 19.8 Å². The van der Waals surface area contributed by atoms with E-state index in [9.17, 15) is 14.7 Å². The molecule has 0 spiro atoms. The molecule has 4 rings (SSSR count). The first-order chi connectivity index (χ1) is 13.0. The number of aryl methyl sites for hydroxylation is 1. The van der Waals surface area contributed by atoms with Crippen molar-refractivity contribution in [1.29, 1.82) is 0 Å². The number of nitrogens with zero attached hydrogens (tertiary/aromatic N) is 3. The number of aliphatic carboxylic acids is 1. The lowest BCUT2D eigenvalue weighted by molar-refractivity contribution is -0.150. The first-order valence-electron chi connectivity index (χ1n) is 9.08. The molecule has 0 saturated carbocycles. The molecule has 140 valence electrons. The third-order valence-electron chi connectivity index (χ3n) is 5.60. The van der Waals surface area contributed by atoms with Crippen molar-refractivity contribution in [2.24, 2.45) is 11.3 Å². The molecule has 1 saturated heterocycles. The van der Waals surface area contributed by atoms with Crippen LogP contribution in [0, 0.1) is 11.3 Å². The number of para-hydroxylation sites is 1. The van der Waals surface area contributed by atoms with Crippen LogP contribution in [0.4, 0.5) is 0 Å². The van der Waals surface area contributed by atoms with Gasteiger partial charge in [-0.15, -0.1) is 0 Å². The average Bonchev–Trinajstić information content (AvgIpc) is 2.98. The standard InChI is InChI=1S/C20H21N3O4/c1-2-17-21-8-14(9-22-17)18(24)23-10-15-11-27-16-6-4-3-5-13(16)7-20(15,12-23)19(25)26/h3-6,8-9,15H,2,7,10-12H2,1H3,(H,25,26)/t15-,20+/m0/s1. The summed E-state index contributed by atoms with van der Waals surface area (Å²) in [6.45, 7) is 2.71. The van der Waals surface area contributed by atoms with Gasteiger partial charge < -0.3 is 14.7 Å². The number of amides is 1. The molecule has 2 aliphatic rings. The van der Waals surface area contributed by atoms with Gasteiger partial charge in [-0.2, -0.15) is 0 Å². The van der Waals surface area contributed by atoms with Gasteiger partial charge in [0.05, 0.1) is 17.6 Å². The normalized spacial score (nSPS) is 23.7. The van der Waals surface area contributed by atoms with Crippen LogP contribution in [0.25, 0.3) is 0 Å². The highest BCUT2D eigenvalue weighted by molar-refractivity contribution is 5.94. The molecule has 0 unspecified atom stereocenters. The fourth-order valence-corrected chi connectivity index (χ4v) is 4.01. The number of aromatic nitrogens is 2. The zero-order chi connectivity index (χ0) is 19.0. The monoisotopic (exact) mass is 367 g/mol. The molecule has 0 bridgehead atoms. The molecule has 2 aliphatic heterocycles. The van der Waals surface area contributed by atoms with E-state index >= 15 is 0 Å². The van der Waals surface area contributed by atoms with Crippen LogP contribution in [-0.2, 0) is 17.6 Å². The third-order valence-corrected chi connectivity index (χ3v) is 5.60. The van der Waals surface area contributed by atoms with Crippen LogP contribution in [-0.4, -0.2) is 51.5 Å². The Morgan fingerprint density at radius 1 is 1.30 bits per heavy atom. The van der Waals surface area contributed by atoms with Crippen LogP contribution in [0.1, 0.15) is 28.7 Å². The highest BCUT2D eigenvalue weighted by Crippen LogP contribution is 2.44. The molecule has 1 N–H and O–H groups in total. The van der Waals surface area contributed by atoms with Crippen molar-refractivity contribution in [3.05, 3.63) is 53.6 Å². The molecule has 7 heteroatoms. The fourth-order valence-electron chi connectivity index (χ4n) is 4.01. The summed E-state index contributed by atoms with van der Waals surface area (Å²) < 4.78 is 5.88. The quantitative estimate of drug-likeness (QED) is 0.890. The molecule has 1 fully saturated rings. The van der Waals surface area contributed by atoms with Gasteiger partial charge in [0.15, 0.2) is 0 Å². The number of ether oxygens (including phenoxy) is 1. The van der Waals surface area contributed by atoms with Gasteiger partial charge in [-0.05, 0) is 18.1 Å². The van der Waals surface area contributed by atoms with E-state index in [-0.39, 0.29) is 25.0 Å². The summed E-state index contributed by atoms with van der Waals surface area (Å²) in [5.74, 6) is 0.00148. The molecule has 0 aliphatic carbocycles. The van der Waals surface area contributed by atoms with Crippen LogP contribution in [0.2, 0.25) is 0 Å². The summed E-state index contributed by atoms with van der Waals surface area (Å²) in [6.07, 6.45) is 4.07. The number of carboxylic acids is 1. The molecular formula is C20H21N3O4. The Labute approximate surface area is 157 Å². The van der Waals surface area contributed by atoms with E-state index in [1.807, 2.05) is 31.2 Å². The Balaban J connectivity index is 1.63. The molecule has 27 heavy (non-hydrogen) atoms. The highest BCUT2D eigenvalue weighted by Gasteiger charge is 2.55. The van der Waals surface area contributed by atoms with Gasteiger partial charge in [-0.25, -0.2) is 9.97 Å². The molecule has 2 atom stereocenters. The van der Waals surface area contributed by atoms with Crippen molar-refractivity contribution in [3.63, 3.8) is 0 Å². The van der Waals surface area contributed by atoms with E-state index < -0.39 is 11.4 Å². The van der Waals surface area contributed by atoms with Gasteiger partial charge in [0.2, 0.25) is 0 Å². The minimum absolute atomic E-state index is 0.152. The summed E-state index contributed by atoms with van der Waals surface area (Å²) in [7, 11) is 0. The highest BCUT2D eigenvalue weighted by atomic mass is 16.5. The summed E-state index contributed by atoms with van der Waals surface area (Å²) in [6, 6.07) is 7.51. The zero-order valence-electron chi connectivity index (χ0n) is 15.1. The number of rotatable bonds is 3. The molecular weight excluding hydrogens is 346 g/mol. The number of carboxylic acid groups (broad SMARTS) is 1. The summed E-state index contributed by atoms with van der Waals surface area (Å²) in [4.78, 5) is 35.1. The van der Waals surface area contributed by atoms with Crippen molar-refractivity contribution in [3.8, 4) is 5.75 Å². The average molecular weight is 367 g/mol. The van der Waals surface area contributed by atoms with Crippen molar-refractivity contribution in [1.82, 2.24) is 14.9 Å². The maximum absolute atomic E-state index is 12.9. The number of likely N-dealkylation sites (tertiary alicyclic amines) is 1. The molecule has 1 aromatic heterocycles. The Morgan fingerprint density at radius 3 is 2.74 bits per heavy atom. The van der Waals surface area contributed by atoms with Gasteiger partial charge in [0.25, 0.3) is 5.91 Å². The summed E-state index contributed by atoms with van der Waals surface area (Å²) >= 11 is 0. The number of benzene rings is 1. The molecule has 1 amide bonds. The van der Waals surface area contributed by atoms with Crippen LogP contribution < -0.4 is 4.74 Å². The molecule has 0 radical (unpaired) electrons. The Bertz CT molecular complexity index is 883. The second kappa shape index (κ2) is 6.64. The number of carbonyl (C=O) groups excluding carboxylic acids is 1. The number of hydrogen-bond acceptors (Lipinski definition) is 5. The van der Waals surface area contributed by atoms with Gasteiger partial charge in [0, 0.05) is 37.8 Å². The van der Waals surface area contributed by atoms with Gasteiger partial charge in [-0.1, -0.05) is 25.1 Å². The lowest BCUT2D eigenvalue weighted by atomic mass is 9.74. The van der Waals surface area contributed by atoms with Crippen molar-refractivity contribution in [2.75, 3.05) is 19.7 Å². The van der Waals surface area contributed by atoms with E-state index in [1.165, 1.54) is 12.4 Å². The molecule has 2 aromatic rings. The minimum Gasteiger partial charge on any atom is -0.493 e. The van der Waals surface area contributed by atoms with Crippen LogP contribution >= 0.6 is 0 Å². The Morgan fingerprint density at radius 2 is 2.04 bits per heavy atom. The van der Waals surface area contributed by atoms with E-state index in [0.29, 0.717) is 30.8 Å². The van der Waals surface area contributed by atoms with Crippen molar-refractivity contribution >= 4 is 11.9 Å². The molecule has 3 heterocycles. The number of carbonyl (C=O) groups is 2. The molecule has 1 aromatic carbocycles. The van der Waals surface area contributed by atoms with Crippen LogP contribution in [0.5, 0.6) is 5.75 Å². The van der Waals surface area contributed by atoms with E-state index in [1.54, 1.807) is 4.90 Å². The van der Waals surface area contributed by atoms with E-state index in [2.05, 4.69) is 9.97 Å². The lowest BCUT2D eigenvalue weighted by Gasteiger charge is -2.27. The first-order valence-corrected chi connectivity index (χ1v) is 9.08. The molecule has 7 nitrogen and oxygen atoms in total. The van der Waals surface area contributed by atoms with Gasteiger partial charge in [0.1, 0.15) is 11.6 Å². The topological polar surface area (TPSA) is 92.6 Å². The smallest absolute Gasteiger partial charge is 0.312 e. The summed E-state index contributed by atoms with van der Waals surface area (Å²) in [5, 5.41) is 10.1. The van der Waals surface area contributed by atoms with Gasteiger partial charge >= 0.3 is 5.97 Å². The largest absolute Gasteiger partial charge is 0.493 e. The van der Waals surface area contributed by atoms with E-state index in [4.69, 9.17) is 4.74 Å². The number of hydrogen-bond donors (Lipinski definition) is 1. The first kappa shape index (κ1) is 17.5. The SMILES string of the molecule is CCc1ncc(C(=O)N2C[C@H]3COc4ccccc4C[C@@]3(C(=O)O)C2)cn1. The van der Waals surface area contributed by atoms with Crippen LogP contribution in [0.3, 0.4) is 0 Å². The second-order valence-corrected chi connectivity index (χ2v) is 7.18. The fraction of sp³-hybridized carbons (Fsp3) is 0.400. The Hall–Kier alpha value is -2.96. The van der Waals surface area contributed by atoms with Gasteiger partial charge in [-0.3, -0.25) is 9.59 Å². The maximum atomic E-state index is 12.9. The third kappa shape index (κ3) is 2.93. The lowest BCUT2D eigenvalue weighted by Crippen LogP contribution is -2.42. The van der Waals surface area contributed by atoms with Crippen LogP contribution in [0.15, 0.2) is 36.7 Å². The Kier molecular flexibility index (Phi) is 4.30. The number of fused-ring (bicyclic) bond motifs is 2. The summed E-state index contributed by atoms with van der Waals surface area (Å²) in [5.41, 5.74) is 0.199. The minimum atomic E-state index is -1.05.